The van der Waals surface area contributed by atoms with Gasteiger partial charge in [0.2, 0.25) is 0 Å². The highest BCUT2D eigenvalue weighted by atomic mass is 16.7. The number of hydrogen-bond acceptors (Lipinski definition) is 7. The van der Waals surface area contributed by atoms with Gasteiger partial charge in [-0.05, 0) is 24.2 Å². The molecule has 4 aliphatic rings. The standard InChI is InChI=1S/C18H28O7/c1-17-5-3-4-8-9(17)6-11(20)18(17,2)15(8)25-16-14(23)13(22)12(21)10(7-19)24-16/h3-4,8-16,19-23H,5-7H2,1-2H3/t8-,9-,10+,11+,12+,13-,14+,15+,16-,17+,18+/m0/s1. The third kappa shape index (κ3) is 2.12. The summed E-state index contributed by atoms with van der Waals surface area (Å²) in [7, 11) is 0. The summed E-state index contributed by atoms with van der Waals surface area (Å²) in [6.07, 6.45) is -1.46. The van der Waals surface area contributed by atoms with Gasteiger partial charge in [-0.25, -0.2) is 0 Å². The molecule has 11 atom stereocenters. The van der Waals surface area contributed by atoms with Crippen LogP contribution in [0.4, 0.5) is 0 Å². The van der Waals surface area contributed by atoms with Crippen LogP contribution in [0.15, 0.2) is 12.2 Å². The van der Waals surface area contributed by atoms with Gasteiger partial charge in [-0.3, -0.25) is 0 Å². The van der Waals surface area contributed by atoms with E-state index in [0.29, 0.717) is 5.92 Å². The van der Waals surface area contributed by atoms with Crippen LogP contribution >= 0.6 is 0 Å². The first-order chi connectivity index (χ1) is 11.8. The molecule has 7 heteroatoms. The maximum atomic E-state index is 10.7. The van der Waals surface area contributed by atoms with Crippen LogP contribution in [0.2, 0.25) is 0 Å². The zero-order valence-electron chi connectivity index (χ0n) is 14.5. The predicted octanol–water partition coefficient (Wildman–Crippen LogP) is -0.845. The van der Waals surface area contributed by atoms with Gasteiger partial charge in [0.25, 0.3) is 0 Å². The fourth-order valence-electron chi connectivity index (χ4n) is 5.87. The van der Waals surface area contributed by atoms with E-state index in [4.69, 9.17) is 9.47 Å². The molecule has 0 radical (unpaired) electrons. The molecule has 0 unspecified atom stereocenters. The van der Waals surface area contributed by atoms with Gasteiger partial charge in [0, 0.05) is 11.3 Å². The Kier molecular flexibility index (Phi) is 4.09. The molecule has 7 nitrogen and oxygen atoms in total. The smallest absolute Gasteiger partial charge is 0.187 e. The SMILES string of the molecule is C[C@]12[C@H](O)C[C@H]3[C@H](C=CC[C@]31C)[C@H]2O[C@@H]1O[C@H](CO)[C@@H](O)[C@H](O)[C@H]1O. The van der Waals surface area contributed by atoms with Crippen molar-refractivity contribution in [1.82, 2.24) is 0 Å². The summed E-state index contributed by atoms with van der Waals surface area (Å²) >= 11 is 0. The Morgan fingerprint density at radius 2 is 1.84 bits per heavy atom. The monoisotopic (exact) mass is 356 g/mol. The molecule has 4 bridgehead atoms. The van der Waals surface area contributed by atoms with Gasteiger partial charge in [-0.2, -0.15) is 0 Å². The van der Waals surface area contributed by atoms with E-state index < -0.39 is 48.8 Å². The zero-order chi connectivity index (χ0) is 18.1. The maximum Gasteiger partial charge on any atom is 0.187 e. The highest BCUT2D eigenvalue weighted by Crippen LogP contribution is 2.72. The Morgan fingerprint density at radius 3 is 2.48 bits per heavy atom. The van der Waals surface area contributed by atoms with Crippen LogP contribution in [-0.4, -0.2) is 75.1 Å². The third-order valence-electron chi connectivity index (χ3n) is 7.65. The van der Waals surface area contributed by atoms with Crippen molar-refractivity contribution in [2.75, 3.05) is 6.61 Å². The highest BCUT2D eigenvalue weighted by Gasteiger charge is 2.73. The second kappa shape index (κ2) is 5.73. The Labute approximate surface area is 146 Å². The van der Waals surface area contributed by atoms with E-state index >= 15 is 0 Å². The molecule has 0 aromatic carbocycles. The van der Waals surface area contributed by atoms with Crippen molar-refractivity contribution in [3.05, 3.63) is 12.2 Å². The lowest BCUT2D eigenvalue weighted by Crippen LogP contribution is -2.61. The first kappa shape index (κ1) is 17.9. The topological polar surface area (TPSA) is 120 Å². The lowest BCUT2D eigenvalue weighted by molar-refractivity contribution is -0.325. The van der Waals surface area contributed by atoms with Crippen LogP contribution < -0.4 is 0 Å². The summed E-state index contributed by atoms with van der Waals surface area (Å²) < 4.78 is 11.7. The molecule has 1 aliphatic heterocycles. The maximum absolute atomic E-state index is 10.7. The minimum absolute atomic E-state index is 0.0926. The molecule has 0 aromatic rings. The predicted molar refractivity (Wildman–Crippen MR) is 86.2 cm³/mol. The Morgan fingerprint density at radius 1 is 1.12 bits per heavy atom. The molecular formula is C18H28O7. The average molecular weight is 356 g/mol. The van der Waals surface area contributed by atoms with E-state index in [1.165, 1.54) is 0 Å². The van der Waals surface area contributed by atoms with E-state index in [2.05, 4.69) is 19.1 Å². The van der Waals surface area contributed by atoms with Gasteiger partial charge in [0.05, 0.1) is 18.8 Å². The van der Waals surface area contributed by atoms with Gasteiger partial charge in [-0.15, -0.1) is 0 Å². The zero-order valence-corrected chi connectivity index (χ0v) is 14.5. The van der Waals surface area contributed by atoms with Crippen LogP contribution in [0.1, 0.15) is 26.7 Å². The number of hydrogen-bond donors (Lipinski definition) is 5. The molecule has 1 saturated heterocycles. The number of aliphatic hydroxyl groups excluding tert-OH is 5. The second-order valence-electron chi connectivity index (χ2n) is 8.52. The van der Waals surface area contributed by atoms with Crippen molar-refractivity contribution in [3.8, 4) is 0 Å². The quantitative estimate of drug-likeness (QED) is 0.418. The van der Waals surface area contributed by atoms with E-state index in [1.54, 1.807) is 0 Å². The van der Waals surface area contributed by atoms with Gasteiger partial charge in [0.1, 0.15) is 24.4 Å². The molecule has 5 N–H and O–H groups in total. The molecule has 3 fully saturated rings. The van der Waals surface area contributed by atoms with Gasteiger partial charge >= 0.3 is 0 Å². The fraction of sp³-hybridized carbons (Fsp3) is 0.889. The Bertz CT molecular complexity index is 566. The van der Waals surface area contributed by atoms with E-state index in [9.17, 15) is 25.5 Å². The van der Waals surface area contributed by atoms with Gasteiger partial charge < -0.3 is 35.0 Å². The number of ether oxygens (including phenoxy) is 2. The lowest BCUT2D eigenvalue weighted by Gasteiger charge is -2.46. The fourth-order valence-corrected chi connectivity index (χ4v) is 5.87. The normalized spacial score (nSPS) is 60.2. The van der Waals surface area contributed by atoms with Crippen molar-refractivity contribution in [2.24, 2.45) is 22.7 Å². The number of allylic oxidation sites excluding steroid dienone is 1. The molecule has 25 heavy (non-hydrogen) atoms. The average Bonchev–Trinajstić information content (AvgIpc) is 2.83. The summed E-state index contributed by atoms with van der Waals surface area (Å²) in [5, 5.41) is 50.3. The molecule has 2 saturated carbocycles. The van der Waals surface area contributed by atoms with Crippen LogP contribution in [0, 0.1) is 22.7 Å². The number of rotatable bonds is 3. The van der Waals surface area contributed by atoms with Crippen LogP contribution in [-0.2, 0) is 9.47 Å². The van der Waals surface area contributed by atoms with Gasteiger partial charge in [-0.1, -0.05) is 26.0 Å². The lowest BCUT2D eigenvalue weighted by atomic mass is 9.65. The van der Waals surface area contributed by atoms with Crippen molar-refractivity contribution in [1.29, 1.82) is 0 Å². The first-order valence-corrected chi connectivity index (χ1v) is 9.06. The molecule has 1 heterocycles. The van der Waals surface area contributed by atoms with Crippen LogP contribution in [0.3, 0.4) is 0 Å². The van der Waals surface area contributed by atoms with Crippen molar-refractivity contribution < 1.29 is 35.0 Å². The summed E-state index contributed by atoms with van der Waals surface area (Å²) in [4.78, 5) is 0. The van der Waals surface area contributed by atoms with E-state index in [0.717, 1.165) is 12.8 Å². The van der Waals surface area contributed by atoms with Gasteiger partial charge in [0.15, 0.2) is 6.29 Å². The minimum atomic E-state index is -1.46. The molecule has 3 aliphatic carbocycles. The van der Waals surface area contributed by atoms with E-state index in [-0.39, 0.29) is 17.4 Å². The largest absolute Gasteiger partial charge is 0.394 e. The highest BCUT2D eigenvalue weighted by molar-refractivity contribution is 5.27. The Balaban J connectivity index is 1.61. The van der Waals surface area contributed by atoms with Crippen molar-refractivity contribution in [2.45, 2.75) is 69.6 Å². The van der Waals surface area contributed by atoms with Crippen LogP contribution in [0.5, 0.6) is 0 Å². The first-order valence-electron chi connectivity index (χ1n) is 9.06. The molecule has 142 valence electrons. The number of aliphatic hydroxyl groups is 5. The molecule has 0 spiro atoms. The molecule has 4 rings (SSSR count). The third-order valence-corrected chi connectivity index (χ3v) is 7.65. The van der Waals surface area contributed by atoms with Crippen molar-refractivity contribution in [3.63, 3.8) is 0 Å². The van der Waals surface area contributed by atoms with Crippen LogP contribution in [0.25, 0.3) is 0 Å². The van der Waals surface area contributed by atoms with E-state index in [1.807, 2.05) is 6.92 Å². The summed E-state index contributed by atoms with van der Waals surface area (Å²) in [5.41, 5.74) is -0.588. The summed E-state index contributed by atoms with van der Waals surface area (Å²) in [6.45, 7) is 3.72. The summed E-state index contributed by atoms with van der Waals surface area (Å²) in [6, 6.07) is 0. The van der Waals surface area contributed by atoms with Crippen molar-refractivity contribution >= 4 is 0 Å². The summed E-state index contributed by atoms with van der Waals surface area (Å²) in [5.74, 6) is 0.409. The minimum Gasteiger partial charge on any atom is -0.394 e. The molecule has 0 aromatic heterocycles. The Hall–Kier alpha value is -0.540. The molecule has 0 amide bonds. The second-order valence-corrected chi connectivity index (χ2v) is 8.52. The molecular weight excluding hydrogens is 328 g/mol.